The van der Waals surface area contributed by atoms with E-state index in [1.165, 1.54) is 0 Å². The van der Waals surface area contributed by atoms with Crippen LogP contribution in [0.15, 0.2) is 71.1 Å². The standard InChI is InChI=1S/C29H33NO5/c1-6-34-28(32)25-18(2)30-21-15-29(3,4)16-22(31)27(21)26(25)20-12-13-23(24(14-20)33-5)35-17-19-10-8-7-9-11-19/h7-14,26,30H,6,15-17H2,1-5H3/t26-/m1/s1. The Hall–Kier alpha value is -3.54. The fourth-order valence-corrected chi connectivity index (χ4v) is 4.97. The number of carbonyl (C=O) groups excluding carboxylic acids is 2. The van der Waals surface area contributed by atoms with Gasteiger partial charge in [-0.05, 0) is 48.9 Å². The smallest absolute Gasteiger partial charge is 0.336 e. The third kappa shape index (κ3) is 5.11. The maximum Gasteiger partial charge on any atom is 0.336 e. The van der Waals surface area contributed by atoms with Crippen molar-refractivity contribution in [1.29, 1.82) is 0 Å². The number of methoxy groups -OCH3 is 1. The van der Waals surface area contributed by atoms with Crippen molar-refractivity contribution in [3.8, 4) is 11.5 Å². The summed E-state index contributed by atoms with van der Waals surface area (Å²) in [6.07, 6.45) is 1.15. The maximum atomic E-state index is 13.4. The van der Waals surface area contributed by atoms with Crippen LogP contribution in [0.25, 0.3) is 0 Å². The summed E-state index contributed by atoms with van der Waals surface area (Å²) in [6, 6.07) is 15.5. The van der Waals surface area contributed by atoms with Crippen LogP contribution in [0.4, 0.5) is 0 Å². The number of allylic oxidation sites excluding steroid dienone is 3. The second kappa shape index (κ2) is 9.98. The summed E-state index contributed by atoms with van der Waals surface area (Å²) in [5.74, 6) is 0.230. The zero-order valence-corrected chi connectivity index (χ0v) is 21.1. The zero-order chi connectivity index (χ0) is 25.2. The third-order valence-corrected chi connectivity index (χ3v) is 6.49. The van der Waals surface area contributed by atoms with E-state index >= 15 is 0 Å². The van der Waals surface area contributed by atoms with Crippen molar-refractivity contribution in [3.05, 3.63) is 82.2 Å². The van der Waals surface area contributed by atoms with Gasteiger partial charge in [0.05, 0.1) is 19.3 Å². The minimum atomic E-state index is -0.536. The lowest BCUT2D eigenvalue weighted by atomic mass is 9.68. The molecule has 0 saturated heterocycles. The van der Waals surface area contributed by atoms with E-state index in [0.29, 0.717) is 41.4 Å². The van der Waals surface area contributed by atoms with Crippen molar-refractivity contribution < 1.29 is 23.8 Å². The van der Waals surface area contributed by atoms with Gasteiger partial charge in [0, 0.05) is 29.3 Å². The number of Topliss-reactive ketones (excluding diaryl/α,β-unsaturated/α-hetero) is 1. The molecule has 35 heavy (non-hydrogen) atoms. The van der Waals surface area contributed by atoms with Gasteiger partial charge in [0.15, 0.2) is 17.3 Å². The Morgan fingerprint density at radius 2 is 1.83 bits per heavy atom. The molecule has 0 fully saturated rings. The quantitative estimate of drug-likeness (QED) is 0.538. The summed E-state index contributed by atoms with van der Waals surface area (Å²) in [7, 11) is 1.59. The Labute approximate surface area is 207 Å². The molecule has 0 aromatic heterocycles. The maximum absolute atomic E-state index is 13.4. The van der Waals surface area contributed by atoms with E-state index in [1.54, 1.807) is 14.0 Å². The second-order valence-electron chi connectivity index (χ2n) is 9.83. The average molecular weight is 476 g/mol. The molecular weight excluding hydrogens is 442 g/mol. The lowest BCUT2D eigenvalue weighted by Crippen LogP contribution is -2.38. The van der Waals surface area contributed by atoms with E-state index in [9.17, 15) is 9.59 Å². The van der Waals surface area contributed by atoms with E-state index in [2.05, 4.69) is 19.2 Å². The molecule has 1 atom stereocenters. The second-order valence-corrected chi connectivity index (χ2v) is 9.83. The van der Waals surface area contributed by atoms with Gasteiger partial charge in [-0.25, -0.2) is 4.79 Å². The van der Waals surface area contributed by atoms with Gasteiger partial charge in [-0.2, -0.15) is 0 Å². The molecule has 6 heteroatoms. The molecule has 0 saturated carbocycles. The number of benzene rings is 2. The Morgan fingerprint density at radius 3 is 2.51 bits per heavy atom. The molecular formula is C29H33NO5. The van der Waals surface area contributed by atoms with Crippen LogP contribution in [0, 0.1) is 5.41 Å². The fourth-order valence-electron chi connectivity index (χ4n) is 4.97. The summed E-state index contributed by atoms with van der Waals surface area (Å²) in [5.41, 5.74) is 4.37. The van der Waals surface area contributed by atoms with Crippen LogP contribution in [-0.2, 0) is 20.9 Å². The summed E-state index contributed by atoms with van der Waals surface area (Å²) in [4.78, 5) is 26.5. The molecule has 1 heterocycles. The highest BCUT2D eigenvalue weighted by Crippen LogP contribution is 2.47. The Bertz CT molecular complexity index is 1190. The molecule has 0 unspecified atom stereocenters. The summed E-state index contributed by atoms with van der Waals surface area (Å²) in [5, 5.41) is 3.35. The highest BCUT2D eigenvalue weighted by atomic mass is 16.5. The SMILES string of the molecule is CCOC(=O)C1=C(C)NC2=C(C(=O)CC(C)(C)C2)[C@@H]1c1ccc(OCc2ccccc2)c(OC)c1. The van der Waals surface area contributed by atoms with E-state index in [4.69, 9.17) is 14.2 Å². The van der Waals surface area contributed by atoms with Crippen molar-refractivity contribution in [1.82, 2.24) is 5.32 Å². The van der Waals surface area contributed by atoms with Gasteiger partial charge in [-0.15, -0.1) is 0 Å². The molecule has 4 rings (SSSR count). The fraction of sp³-hybridized carbons (Fsp3) is 0.379. The Balaban J connectivity index is 1.75. The van der Waals surface area contributed by atoms with Gasteiger partial charge in [0.1, 0.15) is 6.61 Å². The van der Waals surface area contributed by atoms with Crippen molar-refractivity contribution >= 4 is 11.8 Å². The number of carbonyl (C=O) groups is 2. The van der Waals surface area contributed by atoms with Crippen molar-refractivity contribution in [2.24, 2.45) is 5.41 Å². The normalized spacial score (nSPS) is 19.1. The number of ether oxygens (including phenoxy) is 3. The van der Waals surface area contributed by atoms with E-state index in [0.717, 1.165) is 23.2 Å². The van der Waals surface area contributed by atoms with Crippen molar-refractivity contribution in [2.45, 2.75) is 53.1 Å². The monoisotopic (exact) mass is 475 g/mol. The molecule has 6 nitrogen and oxygen atoms in total. The van der Waals surface area contributed by atoms with Crippen LogP contribution >= 0.6 is 0 Å². The molecule has 2 aliphatic rings. The third-order valence-electron chi connectivity index (χ3n) is 6.49. The molecule has 1 N–H and O–H groups in total. The number of esters is 1. The molecule has 0 bridgehead atoms. The number of hydrogen-bond acceptors (Lipinski definition) is 6. The number of rotatable bonds is 7. The molecule has 0 spiro atoms. The topological polar surface area (TPSA) is 73.9 Å². The lowest BCUT2D eigenvalue weighted by Gasteiger charge is -2.39. The predicted octanol–water partition coefficient (Wildman–Crippen LogP) is 5.44. The first-order valence-corrected chi connectivity index (χ1v) is 12.0. The van der Waals surface area contributed by atoms with Gasteiger partial charge in [-0.3, -0.25) is 4.79 Å². The van der Waals surface area contributed by atoms with Crippen LogP contribution in [-0.4, -0.2) is 25.5 Å². The van der Waals surface area contributed by atoms with Crippen LogP contribution in [0.1, 0.15) is 57.6 Å². The Kier molecular flexibility index (Phi) is 7.01. The number of hydrogen-bond donors (Lipinski definition) is 1. The molecule has 1 aliphatic carbocycles. The highest BCUT2D eigenvalue weighted by Gasteiger charge is 2.43. The van der Waals surface area contributed by atoms with Crippen molar-refractivity contribution in [3.63, 3.8) is 0 Å². The summed E-state index contributed by atoms with van der Waals surface area (Å²) < 4.78 is 17.1. The van der Waals surface area contributed by atoms with Crippen LogP contribution in [0.5, 0.6) is 11.5 Å². The number of nitrogens with one attached hydrogen (secondary N) is 1. The largest absolute Gasteiger partial charge is 0.493 e. The van der Waals surface area contributed by atoms with E-state index in [1.807, 2.05) is 55.5 Å². The molecule has 0 radical (unpaired) electrons. The Morgan fingerprint density at radius 1 is 1.09 bits per heavy atom. The van der Waals surface area contributed by atoms with Gasteiger partial charge in [0.2, 0.25) is 0 Å². The lowest BCUT2D eigenvalue weighted by molar-refractivity contribution is -0.138. The number of dihydropyridines is 1. The minimum absolute atomic E-state index is 0.0476. The highest BCUT2D eigenvalue weighted by molar-refractivity contribution is 6.04. The van der Waals surface area contributed by atoms with E-state index < -0.39 is 11.9 Å². The molecule has 1 aliphatic heterocycles. The molecule has 2 aromatic carbocycles. The van der Waals surface area contributed by atoms with Gasteiger partial charge in [0.25, 0.3) is 0 Å². The molecule has 0 amide bonds. The number of ketones is 1. The van der Waals surface area contributed by atoms with Crippen LogP contribution in [0.2, 0.25) is 0 Å². The first-order valence-electron chi connectivity index (χ1n) is 12.0. The van der Waals surface area contributed by atoms with Crippen LogP contribution in [0.3, 0.4) is 0 Å². The van der Waals surface area contributed by atoms with Gasteiger partial charge in [-0.1, -0.05) is 50.2 Å². The summed E-state index contributed by atoms with van der Waals surface area (Å²) in [6.45, 7) is 8.48. The summed E-state index contributed by atoms with van der Waals surface area (Å²) >= 11 is 0. The van der Waals surface area contributed by atoms with Crippen LogP contribution < -0.4 is 14.8 Å². The molecule has 184 valence electrons. The first-order chi connectivity index (χ1) is 16.7. The zero-order valence-electron chi connectivity index (χ0n) is 21.1. The molecule has 2 aromatic rings. The van der Waals surface area contributed by atoms with E-state index in [-0.39, 0.29) is 17.8 Å². The average Bonchev–Trinajstić information content (AvgIpc) is 2.81. The minimum Gasteiger partial charge on any atom is -0.493 e. The van der Waals surface area contributed by atoms with Crippen molar-refractivity contribution in [2.75, 3.05) is 13.7 Å². The first kappa shape index (κ1) is 24.6. The predicted molar refractivity (Wildman–Crippen MR) is 134 cm³/mol. The van der Waals surface area contributed by atoms with Gasteiger partial charge >= 0.3 is 5.97 Å². The van der Waals surface area contributed by atoms with Gasteiger partial charge < -0.3 is 19.5 Å².